The Labute approximate surface area is 188 Å². The summed E-state index contributed by atoms with van der Waals surface area (Å²) in [5.41, 5.74) is 1.60. The molecule has 0 aliphatic heterocycles. The van der Waals surface area contributed by atoms with Crippen LogP contribution in [0.5, 0.6) is 5.75 Å². The molecule has 1 fully saturated rings. The van der Waals surface area contributed by atoms with E-state index in [4.69, 9.17) is 21.7 Å². The van der Waals surface area contributed by atoms with Gasteiger partial charge in [0.2, 0.25) is 0 Å². The van der Waals surface area contributed by atoms with Crippen LogP contribution in [-0.4, -0.2) is 29.2 Å². The molecular formula is C24H28N2O4S. The Morgan fingerprint density at radius 1 is 1.00 bits per heavy atom. The van der Waals surface area contributed by atoms with Crippen LogP contribution < -0.4 is 15.4 Å². The summed E-state index contributed by atoms with van der Waals surface area (Å²) in [6.45, 7) is 3.85. The third kappa shape index (κ3) is 7.07. The van der Waals surface area contributed by atoms with E-state index >= 15 is 0 Å². The van der Waals surface area contributed by atoms with Gasteiger partial charge in [-0.2, -0.15) is 0 Å². The number of esters is 1. The Morgan fingerprint density at radius 3 is 2.39 bits per heavy atom. The minimum Gasteiger partial charge on any atom is -0.491 e. The number of thiocarbonyl (C=S) groups is 1. The standard InChI is InChI=1S/C24H28N2O4S/c1-16(2)29-21-10-6-7-18(15-21)22(27)26-24(31)25-19-13-11-17(12-14-19)23(28)30-20-8-4-3-5-9-20/h6-7,10-16,20H,3-5,8-9H2,1-2H3,(H2,25,26,27,31). The van der Waals surface area contributed by atoms with Gasteiger partial charge in [-0.15, -0.1) is 0 Å². The lowest BCUT2D eigenvalue weighted by Gasteiger charge is -2.21. The van der Waals surface area contributed by atoms with Gasteiger partial charge in [-0.05, 0) is 94.2 Å². The first kappa shape index (κ1) is 22.7. The van der Waals surface area contributed by atoms with Crippen LogP contribution in [0, 0.1) is 0 Å². The zero-order valence-corrected chi connectivity index (χ0v) is 18.7. The van der Waals surface area contributed by atoms with Crippen LogP contribution in [0.2, 0.25) is 0 Å². The fraction of sp³-hybridized carbons (Fsp3) is 0.375. The molecule has 2 aromatic carbocycles. The zero-order chi connectivity index (χ0) is 22.2. The van der Waals surface area contributed by atoms with Gasteiger partial charge in [0.15, 0.2) is 5.11 Å². The van der Waals surface area contributed by atoms with Crippen molar-refractivity contribution in [2.75, 3.05) is 5.32 Å². The molecule has 2 N–H and O–H groups in total. The first-order valence-corrected chi connectivity index (χ1v) is 11.0. The maximum atomic E-state index is 12.5. The molecule has 0 bridgehead atoms. The molecule has 2 aromatic rings. The van der Waals surface area contributed by atoms with E-state index < -0.39 is 0 Å². The molecule has 0 radical (unpaired) electrons. The molecule has 31 heavy (non-hydrogen) atoms. The number of ether oxygens (including phenoxy) is 2. The van der Waals surface area contributed by atoms with E-state index in [2.05, 4.69) is 10.6 Å². The molecule has 3 rings (SSSR count). The maximum absolute atomic E-state index is 12.5. The average molecular weight is 441 g/mol. The number of hydrogen-bond acceptors (Lipinski definition) is 5. The summed E-state index contributed by atoms with van der Waals surface area (Å²) in [6.07, 6.45) is 5.34. The van der Waals surface area contributed by atoms with Crippen LogP contribution in [0.25, 0.3) is 0 Å². The summed E-state index contributed by atoms with van der Waals surface area (Å²) in [5, 5.41) is 5.77. The van der Waals surface area contributed by atoms with Crippen molar-refractivity contribution in [2.24, 2.45) is 0 Å². The second-order valence-corrected chi connectivity index (χ2v) is 8.25. The molecule has 1 aliphatic rings. The number of amides is 1. The van der Waals surface area contributed by atoms with Crippen molar-refractivity contribution in [3.63, 3.8) is 0 Å². The Bertz CT molecular complexity index is 921. The average Bonchev–Trinajstić information content (AvgIpc) is 2.74. The van der Waals surface area contributed by atoms with Crippen LogP contribution in [0.1, 0.15) is 66.7 Å². The van der Waals surface area contributed by atoms with Crippen molar-refractivity contribution in [3.05, 3.63) is 59.7 Å². The van der Waals surface area contributed by atoms with Gasteiger partial charge in [-0.25, -0.2) is 4.79 Å². The molecule has 0 saturated heterocycles. The van der Waals surface area contributed by atoms with Gasteiger partial charge in [0, 0.05) is 11.3 Å². The van der Waals surface area contributed by atoms with Crippen LogP contribution >= 0.6 is 12.2 Å². The molecule has 7 heteroatoms. The molecule has 1 amide bonds. The van der Waals surface area contributed by atoms with Gasteiger partial charge in [-0.3, -0.25) is 10.1 Å². The SMILES string of the molecule is CC(C)Oc1cccc(C(=O)NC(=S)Nc2ccc(C(=O)OC3CCCCC3)cc2)c1. The highest BCUT2D eigenvalue weighted by atomic mass is 32.1. The number of carbonyl (C=O) groups is 2. The van der Waals surface area contributed by atoms with Crippen molar-refractivity contribution in [3.8, 4) is 5.75 Å². The largest absolute Gasteiger partial charge is 0.491 e. The van der Waals surface area contributed by atoms with E-state index in [9.17, 15) is 9.59 Å². The van der Waals surface area contributed by atoms with Crippen LogP contribution in [0.3, 0.4) is 0 Å². The van der Waals surface area contributed by atoms with Gasteiger partial charge in [0.05, 0.1) is 11.7 Å². The number of rotatable bonds is 6. The Balaban J connectivity index is 1.52. The topological polar surface area (TPSA) is 76.7 Å². The molecule has 1 aliphatic carbocycles. The highest BCUT2D eigenvalue weighted by molar-refractivity contribution is 7.80. The third-order valence-corrected chi connectivity index (χ3v) is 5.10. The first-order valence-electron chi connectivity index (χ1n) is 10.6. The fourth-order valence-corrected chi connectivity index (χ4v) is 3.62. The monoisotopic (exact) mass is 440 g/mol. The summed E-state index contributed by atoms with van der Waals surface area (Å²) in [7, 11) is 0. The highest BCUT2D eigenvalue weighted by Gasteiger charge is 2.18. The van der Waals surface area contributed by atoms with E-state index in [1.807, 2.05) is 13.8 Å². The zero-order valence-electron chi connectivity index (χ0n) is 17.9. The van der Waals surface area contributed by atoms with Gasteiger partial charge >= 0.3 is 5.97 Å². The fourth-order valence-electron chi connectivity index (χ4n) is 3.41. The number of anilines is 1. The Hall–Kier alpha value is -2.93. The molecule has 0 atom stereocenters. The van der Waals surface area contributed by atoms with Gasteiger partial charge < -0.3 is 14.8 Å². The molecule has 6 nitrogen and oxygen atoms in total. The summed E-state index contributed by atoms with van der Waals surface area (Å²) in [4.78, 5) is 24.8. The minimum absolute atomic E-state index is 0.0176. The van der Waals surface area contributed by atoms with E-state index in [-0.39, 0.29) is 29.2 Å². The summed E-state index contributed by atoms with van der Waals surface area (Å²) < 4.78 is 11.2. The van der Waals surface area contributed by atoms with E-state index in [1.165, 1.54) is 6.42 Å². The number of hydrogen-bond donors (Lipinski definition) is 2. The smallest absolute Gasteiger partial charge is 0.338 e. The summed E-state index contributed by atoms with van der Waals surface area (Å²) >= 11 is 5.24. The maximum Gasteiger partial charge on any atom is 0.338 e. The van der Waals surface area contributed by atoms with Crippen molar-refractivity contribution >= 4 is 34.9 Å². The van der Waals surface area contributed by atoms with Crippen LogP contribution in [-0.2, 0) is 4.74 Å². The lowest BCUT2D eigenvalue weighted by atomic mass is 9.98. The molecule has 0 unspecified atom stereocenters. The van der Waals surface area contributed by atoms with Gasteiger partial charge in [-0.1, -0.05) is 12.5 Å². The lowest BCUT2D eigenvalue weighted by Crippen LogP contribution is -2.34. The quantitative estimate of drug-likeness (QED) is 0.481. The number of nitrogens with one attached hydrogen (secondary N) is 2. The summed E-state index contributed by atoms with van der Waals surface area (Å²) in [5.74, 6) is -0.0190. The predicted octanol–water partition coefficient (Wildman–Crippen LogP) is 5.09. The van der Waals surface area contributed by atoms with Crippen LogP contribution in [0.15, 0.2) is 48.5 Å². The normalized spacial score (nSPS) is 14.0. The second kappa shape index (κ2) is 10.9. The molecule has 0 heterocycles. The van der Waals surface area contributed by atoms with Crippen molar-refractivity contribution in [2.45, 2.75) is 58.2 Å². The van der Waals surface area contributed by atoms with Crippen molar-refractivity contribution in [1.82, 2.24) is 5.32 Å². The van der Waals surface area contributed by atoms with E-state index in [0.29, 0.717) is 22.6 Å². The van der Waals surface area contributed by atoms with E-state index in [0.717, 1.165) is 25.7 Å². The molecular weight excluding hydrogens is 412 g/mol. The van der Waals surface area contributed by atoms with Crippen LogP contribution in [0.4, 0.5) is 5.69 Å². The molecule has 0 spiro atoms. The van der Waals surface area contributed by atoms with Crippen molar-refractivity contribution in [1.29, 1.82) is 0 Å². The first-order chi connectivity index (χ1) is 14.9. The Kier molecular flexibility index (Phi) is 8.00. The number of carbonyl (C=O) groups excluding carboxylic acids is 2. The van der Waals surface area contributed by atoms with Gasteiger partial charge in [0.25, 0.3) is 5.91 Å². The molecule has 1 saturated carbocycles. The summed E-state index contributed by atoms with van der Waals surface area (Å²) in [6, 6.07) is 13.8. The lowest BCUT2D eigenvalue weighted by molar-refractivity contribution is 0.0211. The third-order valence-electron chi connectivity index (χ3n) is 4.90. The van der Waals surface area contributed by atoms with Crippen molar-refractivity contribution < 1.29 is 19.1 Å². The predicted molar refractivity (Wildman–Crippen MR) is 125 cm³/mol. The molecule has 164 valence electrons. The molecule has 0 aromatic heterocycles. The van der Waals surface area contributed by atoms with Gasteiger partial charge in [0.1, 0.15) is 11.9 Å². The highest BCUT2D eigenvalue weighted by Crippen LogP contribution is 2.22. The number of benzene rings is 2. The second-order valence-electron chi connectivity index (χ2n) is 7.85. The van der Waals surface area contributed by atoms with E-state index in [1.54, 1.807) is 48.5 Å². The minimum atomic E-state index is -0.334. The Morgan fingerprint density at radius 2 is 1.71 bits per heavy atom.